The molecule has 0 N–H and O–H groups in total. The average molecular weight is 570 g/mol. The van der Waals surface area contributed by atoms with Crippen molar-refractivity contribution in [2.24, 2.45) is 5.92 Å². The molecule has 7 nitrogen and oxygen atoms in total. The number of carbonyl (C=O) groups is 2. The summed E-state index contributed by atoms with van der Waals surface area (Å²) in [5, 5.41) is 0. The van der Waals surface area contributed by atoms with Crippen LogP contribution in [0.5, 0.6) is 5.75 Å². The van der Waals surface area contributed by atoms with Crippen LogP contribution in [0.2, 0.25) is 0 Å². The molecule has 2 amide bonds. The number of carbonyl (C=O) groups excluding carboxylic acids is 2. The number of amides is 2. The van der Waals surface area contributed by atoms with Crippen LogP contribution < -0.4 is 4.74 Å². The van der Waals surface area contributed by atoms with Crippen LogP contribution in [0, 0.1) is 5.92 Å². The van der Waals surface area contributed by atoms with E-state index in [0.29, 0.717) is 31.3 Å². The SMILES string of the molecule is CCCCN(CCCC)C(=O)CC1CCN(C/C=C/c2ccc(OC3CCN(C(=O)OC(C)(C)C)CC3)cc2)CC1. The number of hydrogen-bond acceptors (Lipinski definition) is 5. The maximum atomic E-state index is 12.9. The first-order chi connectivity index (χ1) is 19.7. The van der Waals surface area contributed by atoms with E-state index in [-0.39, 0.29) is 12.2 Å². The largest absolute Gasteiger partial charge is 0.490 e. The van der Waals surface area contributed by atoms with Gasteiger partial charge in [0.1, 0.15) is 17.5 Å². The van der Waals surface area contributed by atoms with Crippen molar-refractivity contribution in [2.45, 2.75) is 104 Å². The molecular formula is C34H55N3O4. The first-order valence-corrected chi connectivity index (χ1v) is 16.1. The molecule has 2 fully saturated rings. The Morgan fingerprint density at radius 1 is 0.927 bits per heavy atom. The van der Waals surface area contributed by atoms with E-state index in [0.717, 1.165) is 95.4 Å². The topological polar surface area (TPSA) is 62.3 Å². The van der Waals surface area contributed by atoms with Crippen LogP contribution in [0.15, 0.2) is 30.3 Å². The van der Waals surface area contributed by atoms with E-state index in [1.54, 1.807) is 4.90 Å². The molecule has 0 saturated carbocycles. The van der Waals surface area contributed by atoms with Crippen molar-refractivity contribution in [1.82, 2.24) is 14.7 Å². The van der Waals surface area contributed by atoms with Crippen LogP contribution in [0.25, 0.3) is 6.08 Å². The number of hydrogen-bond donors (Lipinski definition) is 0. The number of likely N-dealkylation sites (tertiary alicyclic amines) is 2. The van der Waals surface area contributed by atoms with E-state index in [1.165, 1.54) is 0 Å². The lowest BCUT2D eigenvalue weighted by Gasteiger charge is -2.33. The number of benzene rings is 1. The summed E-state index contributed by atoms with van der Waals surface area (Å²) in [6.07, 6.45) is 13.3. The van der Waals surface area contributed by atoms with Gasteiger partial charge < -0.3 is 19.3 Å². The maximum Gasteiger partial charge on any atom is 0.410 e. The van der Waals surface area contributed by atoms with Crippen molar-refractivity contribution >= 4 is 18.1 Å². The molecule has 0 aliphatic carbocycles. The van der Waals surface area contributed by atoms with E-state index in [4.69, 9.17) is 9.47 Å². The summed E-state index contributed by atoms with van der Waals surface area (Å²) in [7, 11) is 0. The van der Waals surface area contributed by atoms with Crippen molar-refractivity contribution in [3.63, 3.8) is 0 Å². The third-order valence-electron chi connectivity index (χ3n) is 8.04. The summed E-state index contributed by atoms with van der Waals surface area (Å²) in [6, 6.07) is 8.27. The fourth-order valence-corrected chi connectivity index (χ4v) is 5.48. The molecule has 7 heteroatoms. The van der Waals surface area contributed by atoms with Crippen LogP contribution in [-0.2, 0) is 9.53 Å². The molecule has 0 aromatic heterocycles. The maximum absolute atomic E-state index is 12.9. The Hall–Kier alpha value is -2.54. The first-order valence-electron chi connectivity index (χ1n) is 16.1. The van der Waals surface area contributed by atoms with Crippen LogP contribution >= 0.6 is 0 Å². The third-order valence-corrected chi connectivity index (χ3v) is 8.04. The highest BCUT2D eigenvalue weighted by Crippen LogP contribution is 2.23. The van der Waals surface area contributed by atoms with Crippen LogP contribution in [0.4, 0.5) is 4.79 Å². The molecule has 2 saturated heterocycles. The molecule has 0 radical (unpaired) electrons. The zero-order chi connectivity index (χ0) is 29.7. The molecule has 0 bridgehead atoms. The Labute approximate surface area is 249 Å². The number of rotatable bonds is 13. The van der Waals surface area contributed by atoms with Gasteiger partial charge >= 0.3 is 6.09 Å². The molecule has 2 aliphatic heterocycles. The predicted octanol–water partition coefficient (Wildman–Crippen LogP) is 7.01. The van der Waals surface area contributed by atoms with Gasteiger partial charge in [-0.15, -0.1) is 0 Å². The molecule has 3 rings (SSSR count). The highest BCUT2D eigenvalue weighted by molar-refractivity contribution is 5.76. The molecule has 1 aromatic rings. The van der Waals surface area contributed by atoms with Gasteiger partial charge in [0.15, 0.2) is 0 Å². The monoisotopic (exact) mass is 569 g/mol. The fraction of sp³-hybridized carbons (Fsp3) is 0.706. The quantitative estimate of drug-likeness (QED) is 0.256. The number of ether oxygens (including phenoxy) is 2. The van der Waals surface area contributed by atoms with Crippen molar-refractivity contribution in [1.29, 1.82) is 0 Å². The summed E-state index contributed by atoms with van der Waals surface area (Å²) in [6.45, 7) is 16.3. The van der Waals surface area contributed by atoms with Crippen molar-refractivity contribution in [3.8, 4) is 5.75 Å². The second-order valence-electron chi connectivity index (χ2n) is 12.8. The van der Waals surface area contributed by atoms with Gasteiger partial charge in [-0.25, -0.2) is 4.79 Å². The Morgan fingerprint density at radius 3 is 2.10 bits per heavy atom. The normalized spacial score (nSPS) is 17.6. The minimum Gasteiger partial charge on any atom is -0.490 e. The van der Waals surface area contributed by atoms with Gasteiger partial charge in [0.05, 0.1) is 0 Å². The molecule has 41 heavy (non-hydrogen) atoms. The highest BCUT2D eigenvalue weighted by atomic mass is 16.6. The lowest BCUT2D eigenvalue weighted by Crippen LogP contribution is -2.44. The minimum absolute atomic E-state index is 0.115. The number of nitrogens with zero attached hydrogens (tertiary/aromatic N) is 3. The van der Waals surface area contributed by atoms with Gasteiger partial charge in [0, 0.05) is 52.0 Å². The molecule has 1 aromatic carbocycles. The Bertz CT molecular complexity index is 932. The molecule has 0 unspecified atom stereocenters. The highest BCUT2D eigenvalue weighted by Gasteiger charge is 2.28. The summed E-state index contributed by atoms with van der Waals surface area (Å²) >= 11 is 0. The minimum atomic E-state index is -0.469. The Morgan fingerprint density at radius 2 is 1.54 bits per heavy atom. The second-order valence-corrected chi connectivity index (χ2v) is 12.8. The van der Waals surface area contributed by atoms with Crippen molar-refractivity contribution in [2.75, 3.05) is 45.8 Å². The fourth-order valence-electron chi connectivity index (χ4n) is 5.48. The zero-order valence-corrected chi connectivity index (χ0v) is 26.4. The zero-order valence-electron chi connectivity index (χ0n) is 26.4. The smallest absolute Gasteiger partial charge is 0.410 e. The Kier molecular flexibility index (Phi) is 13.5. The van der Waals surface area contributed by atoms with E-state index >= 15 is 0 Å². The summed E-state index contributed by atoms with van der Waals surface area (Å²) in [4.78, 5) is 31.6. The molecule has 0 spiro atoms. The van der Waals surface area contributed by atoms with Gasteiger partial charge in [-0.2, -0.15) is 0 Å². The van der Waals surface area contributed by atoms with Gasteiger partial charge in [-0.1, -0.05) is 51.0 Å². The van der Waals surface area contributed by atoms with E-state index in [2.05, 4.69) is 47.9 Å². The van der Waals surface area contributed by atoms with Gasteiger partial charge in [-0.3, -0.25) is 9.69 Å². The van der Waals surface area contributed by atoms with Crippen LogP contribution in [0.3, 0.4) is 0 Å². The third kappa shape index (κ3) is 12.1. The van der Waals surface area contributed by atoms with E-state index in [9.17, 15) is 9.59 Å². The van der Waals surface area contributed by atoms with Gasteiger partial charge in [0.25, 0.3) is 0 Å². The van der Waals surface area contributed by atoms with Crippen molar-refractivity contribution < 1.29 is 19.1 Å². The molecule has 2 aliphatic rings. The van der Waals surface area contributed by atoms with Crippen molar-refractivity contribution in [3.05, 3.63) is 35.9 Å². The summed E-state index contributed by atoms with van der Waals surface area (Å²) in [5.41, 5.74) is 0.694. The van der Waals surface area contributed by atoms with Crippen LogP contribution in [-0.4, -0.2) is 84.2 Å². The molecule has 2 heterocycles. The second kappa shape index (κ2) is 16.8. The summed E-state index contributed by atoms with van der Waals surface area (Å²) in [5.74, 6) is 1.76. The lowest BCUT2D eigenvalue weighted by molar-refractivity contribution is -0.132. The first kappa shape index (κ1) is 33.0. The van der Waals surface area contributed by atoms with Gasteiger partial charge in [-0.05, 0) is 83.2 Å². The van der Waals surface area contributed by atoms with Crippen LogP contribution in [0.1, 0.15) is 98.0 Å². The van der Waals surface area contributed by atoms with E-state index in [1.807, 2.05) is 32.9 Å². The predicted molar refractivity (Wildman–Crippen MR) is 167 cm³/mol. The molecule has 230 valence electrons. The molecular weight excluding hydrogens is 514 g/mol. The lowest BCUT2D eigenvalue weighted by atomic mass is 9.93. The van der Waals surface area contributed by atoms with Gasteiger partial charge in [0.2, 0.25) is 5.91 Å². The standard InChI is InChI=1S/C34H55N3O4/c1-6-8-21-36(22-9-7-2)32(38)27-29-16-23-35(24-17-29)20-10-11-28-12-14-30(15-13-28)40-31-18-25-37(26-19-31)33(39)41-34(3,4)5/h10-15,29,31H,6-9,16-27H2,1-5H3/b11-10+. The number of piperidine rings is 2. The molecule has 0 atom stereocenters. The summed E-state index contributed by atoms with van der Waals surface area (Å²) < 4.78 is 11.7. The average Bonchev–Trinajstić information content (AvgIpc) is 2.94. The van der Waals surface area contributed by atoms with E-state index < -0.39 is 5.60 Å². The Balaban J connectivity index is 1.34. The number of unbranched alkanes of at least 4 members (excludes halogenated alkanes) is 2.